The van der Waals surface area contributed by atoms with Crippen molar-refractivity contribution in [3.05, 3.63) is 65.7 Å². The second-order valence-corrected chi connectivity index (χ2v) is 6.79. The molecule has 0 radical (unpaired) electrons. The van der Waals surface area contributed by atoms with Gasteiger partial charge in [0.25, 0.3) is 5.91 Å². The highest BCUT2D eigenvalue weighted by Gasteiger charge is 2.21. The molecule has 1 heterocycles. The number of ether oxygens (including phenoxy) is 1. The normalized spacial score (nSPS) is 13.8. The number of rotatable bonds is 7. The number of carbonyl (C=O) groups is 2. The molecule has 0 aromatic heterocycles. The van der Waals surface area contributed by atoms with Crippen molar-refractivity contribution in [1.29, 1.82) is 0 Å². The van der Waals surface area contributed by atoms with Gasteiger partial charge in [-0.25, -0.2) is 0 Å². The van der Waals surface area contributed by atoms with Crippen LogP contribution in [0, 0.1) is 0 Å². The molecule has 0 atom stereocenters. The lowest BCUT2D eigenvalue weighted by Gasteiger charge is -2.29. The molecule has 3 rings (SSSR count). The summed E-state index contributed by atoms with van der Waals surface area (Å²) in [6.45, 7) is 3.84. The maximum Gasteiger partial charge on any atom is 0.254 e. The van der Waals surface area contributed by atoms with Gasteiger partial charge in [-0.3, -0.25) is 9.59 Å². The summed E-state index contributed by atoms with van der Waals surface area (Å²) in [5.41, 5.74) is 1.54. The van der Waals surface area contributed by atoms with Gasteiger partial charge in [-0.2, -0.15) is 0 Å². The number of para-hydroxylation sites is 1. The lowest BCUT2D eigenvalue weighted by atomic mass is 10.1. The van der Waals surface area contributed by atoms with E-state index >= 15 is 0 Å². The third-order valence-corrected chi connectivity index (χ3v) is 4.93. The van der Waals surface area contributed by atoms with Crippen molar-refractivity contribution in [2.45, 2.75) is 13.0 Å². The summed E-state index contributed by atoms with van der Waals surface area (Å²) in [4.78, 5) is 29.3. The van der Waals surface area contributed by atoms with Gasteiger partial charge in [0.2, 0.25) is 5.91 Å². The van der Waals surface area contributed by atoms with Gasteiger partial charge in [0.05, 0.1) is 7.11 Å². The lowest BCUT2D eigenvalue weighted by Crippen LogP contribution is -2.47. The van der Waals surface area contributed by atoms with Crippen molar-refractivity contribution in [2.75, 3.05) is 39.8 Å². The van der Waals surface area contributed by atoms with E-state index in [0.29, 0.717) is 25.1 Å². The molecule has 6 heteroatoms. The molecule has 1 aliphatic rings. The first-order chi connectivity index (χ1) is 13.7. The van der Waals surface area contributed by atoms with Crippen molar-refractivity contribution < 1.29 is 14.3 Å². The summed E-state index contributed by atoms with van der Waals surface area (Å²) in [7, 11) is 1.62. The monoisotopic (exact) mass is 381 g/mol. The Balaban J connectivity index is 1.74. The van der Waals surface area contributed by atoms with Gasteiger partial charge in [0.1, 0.15) is 5.75 Å². The standard InChI is InChI=1S/C22H27N3O3/c1-28-20-10-6-5-9-19(20)17-25(22(27)18-7-3-2-4-8-18)14-11-21(26)24-15-12-23-13-16-24/h2-10,23H,11-17H2,1H3. The first-order valence-electron chi connectivity index (χ1n) is 9.63. The zero-order chi connectivity index (χ0) is 19.8. The summed E-state index contributed by atoms with van der Waals surface area (Å²) >= 11 is 0. The first kappa shape index (κ1) is 19.9. The molecular weight excluding hydrogens is 354 g/mol. The van der Waals surface area contributed by atoms with Crippen molar-refractivity contribution in [1.82, 2.24) is 15.1 Å². The Morgan fingerprint density at radius 1 is 1.04 bits per heavy atom. The third kappa shape index (κ3) is 5.10. The zero-order valence-electron chi connectivity index (χ0n) is 16.3. The summed E-state index contributed by atoms with van der Waals surface area (Å²) in [6, 6.07) is 16.8. The number of nitrogens with one attached hydrogen (secondary N) is 1. The predicted molar refractivity (Wildman–Crippen MR) is 108 cm³/mol. The van der Waals surface area contributed by atoms with E-state index in [1.807, 2.05) is 47.4 Å². The molecule has 0 bridgehead atoms. The molecule has 0 aliphatic carbocycles. The van der Waals surface area contributed by atoms with Crippen LogP contribution >= 0.6 is 0 Å². The minimum Gasteiger partial charge on any atom is -0.496 e. The summed E-state index contributed by atoms with van der Waals surface area (Å²) in [5.74, 6) is 0.744. The fraction of sp³-hybridized carbons (Fsp3) is 0.364. The van der Waals surface area contributed by atoms with Crippen molar-refractivity contribution >= 4 is 11.8 Å². The molecule has 0 spiro atoms. The van der Waals surface area contributed by atoms with Crippen LogP contribution in [0.4, 0.5) is 0 Å². The van der Waals surface area contributed by atoms with Gasteiger partial charge in [0.15, 0.2) is 0 Å². The topological polar surface area (TPSA) is 61.9 Å². The summed E-state index contributed by atoms with van der Waals surface area (Å²) in [5, 5.41) is 3.25. The summed E-state index contributed by atoms with van der Waals surface area (Å²) < 4.78 is 5.43. The van der Waals surface area contributed by atoms with Crippen LogP contribution in [0.1, 0.15) is 22.3 Å². The molecule has 1 N–H and O–H groups in total. The smallest absolute Gasteiger partial charge is 0.254 e. The molecule has 2 aromatic rings. The van der Waals surface area contributed by atoms with Gasteiger partial charge in [-0.1, -0.05) is 36.4 Å². The van der Waals surface area contributed by atoms with Gasteiger partial charge < -0.3 is 19.9 Å². The van der Waals surface area contributed by atoms with Crippen LogP contribution in [0.15, 0.2) is 54.6 Å². The Hall–Kier alpha value is -2.86. The SMILES string of the molecule is COc1ccccc1CN(CCC(=O)N1CCNCC1)C(=O)c1ccccc1. The van der Waals surface area contributed by atoms with Crippen molar-refractivity contribution in [3.8, 4) is 5.75 Å². The zero-order valence-corrected chi connectivity index (χ0v) is 16.3. The highest BCUT2D eigenvalue weighted by Crippen LogP contribution is 2.20. The van der Waals surface area contributed by atoms with E-state index in [1.165, 1.54) is 0 Å². The second kappa shape index (κ2) is 9.90. The van der Waals surface area contributed by atoms with Gasteiger partial charge in [-0.05, 0) is 18.2 Å². The van der Waals surface area contributed by atoms with Gasteiger partial charge >= 0.3 is 0 Å². The average molecular weight is 381 g/mol. The Morgan fingerprint density at radius 2 is 1.71 bits per heavy atom. The maximum absolute atomic E-state index is 13.1. The van der Waals surface area contributed by atoms with Crippen LogP contribution in [0.5, 0.6) is 5.75 Å². The first-order valence-corrected chi connectivity index (χ1v) is 9.63. The number of benzene rings is 2. The minimum atomic E-state index is -0.0837. The van der Waals surface area contributed by atoms with E-state index in [0.717, 1.165) is 37.5 Å². The molecule has 6 nitrogen and oxygen atoms in total. The van der Waals surface area contributed by atoms with Crippen molar-refractivity contribution in [2.24, 2.45) is 0 Å². The molecule has 0 unspecified atom stereocenters. The van der Waals surface area contributed by atoms with Crippen LogP contribution in [-0.4, -0.2) is 61.4 Å². The number of nitrogens with zero attached hydrogens (tertiary/aromatic N) is 2. The lowest BCUT2D eigenvalue weighted by molar-refractivity contribution is -0.132. The minimum absolute atomic E-state index is 0.0837. The number of carbonyl (C=O) groups excluding carboxylic acids is 2. The van der Waals surface area contributed by atoms with Crippen LogP contribution in [0.3, 0.4) is 0 Å². The van der Waals surface area contributed by atoms with Crippen molar-refractivity contribution in [3.63, 3.8) is 0 Å². The largest absolute Gasteiger partial charge is 0.496 e. The van der Waals surface area contributed by atoms with Gasteiger partial charge in [0, 0.05) is 56.8 Å². The number of hydrogen-bond acceptors (Lipinski definition) is 4. The van der Waals surface area contributed by atoms with E-state index in [1.54, 1.807) is 24.1 Å². The van der Waals surface area contributed by atoms with Gasteiger partial charge in [-0.15, -0.1) is 0 Å². The number of hydrogen-bond donors (Lipinski definition) is 1. The predicted octanol–water partition coefficient (Wildman–Crippen LogP) is 2.16. The molecule has 1 aliphatic heterocycles. The van der Waals surface area contributed by atoms with Crippen LogP contribution in [-0.2, 0) is 11.3 Å². The third-order valence-electron chi connectivity index (χ3n) is 4.93. The molecule has 148 valence electrons. The molecule has 2 amide bonds. The highest BCUT2D eigenvalue weighted by atomic mass is 16.5. The van der Waals surface area contributed by atoms with E-state index in [2.05, 4.69) is 5.32 Å². The van der Waals surface area contributed by atoms with Crippen LogP contribution in [0.2, 0.25) is 0 Å². The Morgan fingerprint density at radius 3 is 2.43 bits per heavy atom. The van der Waals surface area contributed by atoms with E-state index in [9.17, 15) is 9.59 Å². The van der Waals surface area contributed by atoms with E-state index < -0.39 is 0 Å². The van der Waals surface area contributed by atoms with E-state index in [4.69, 9.17) is 4.74 Å². The average Bonchev–Trinajstić information content (AvgIpc) is 2.77. The Kier molecular flexibility index (Phi) is 7.03. The molecule has 28 heavy (non-hydrogen) atoms. The molecule has 2 aromatic carbocycles. The van der Waals surface area contributed by atoms with Crippen LogP contribution in [0.25, 0.3) is 0 Å². The fourth-order valence-electron chi connectivity index (χ4n) is 3.36. The van der Waals surface area contributed by atoms with E-state index in [-0.39, 0.29) is 11.8 Å². The second-order valence-electron chi connectivity index (χ2n) is 6.79. The maximum atomic E-state index is 13.1. The molecule has 1 saturated heterocycles. The quantitative estimate of drug-likeness (QED) is 0.798. The number of piperazine rings is 1. The highest BCUT2D eigenvalue weighted by molar-refractivity contribution is 5.94. The van der Waals surface area contributed by atoms with Crippen LogP contribution < -0.4 is 10.1 Å². The Bertz CT molecular complexity index is 789. The molecular formula is C22H27N3O3. The number of amides is 2. The molecule has 0 saturated carbocycles. The number of methoxy groups -OCH3 is 1. The summed E-state index contributed by atoms with van der Waals surface area (Å²) in [6.07, 6.45) is 0.313. The Labute approximate surface area is 166 Å². The molecule has 1 fully saturated rings. The fourth-order valence-corrected chi connectivity index (χ4v) is 3.36.